The van der Waals surface area contributed by atoms with Gasteiger partial charge < -0.3 is 16.0 Å². The van der Waals surface area contributed by atoms with Crippen LogP contribution in [0.5, 0.6) is 0 Å². The number of amides is 3. The van der Waals surface area contributed by atoms with E-state index in [0.29, 0.717) is 22.2 Å². The second kappa shape index (κ2) is 7.47. The molecule has 0 spiro atoms. The van der Waals surface area contributed by atoms with E-state index < -0.39 is 0 Å². The lowest BCUT2D eigenvalue weighted by atomic mass is 10.1. The summed E-state index contributed by atoms with van der Waals surface area (Å²) in [5.41, 5.74) is 0.395. The van der Waals surface area contributed by atoms with Crippen molar-refractivity contribution in [3.63, 3.8) is 0 Å². The van der Waals surface area contributed by atoms with Gasteiger partial charge in [-0.2, -0.15) is 0 Å². The maximum atomic E-state index is 11.9. The Balaban J connectivity index is 1.72. The predicted molar refractivity (Wildman–Crippen MR) is 82.9 cm³/mol. The predicted octanol–water partition coefficient (Wildman–Crippen LogP) is 0.976. The fourth-order valence-corrected chi connectivity index (χ4v) is 2.33. The highest BCUT2D eigenvalue weighted by Gasteiger charge is 2.27. The van der Waals surface area contributed by atoms with Crippen LogP contribution in [0.4, 0.5) is 0 Å². The fourth-order valence-electron chi connectivity index (χ4n) is 2.04. The number of halogens is 2. The van der Waals surface area contributed by atoms with Gasteiger partial charge in [0.1, 0.15) is 0 Å². The number of benzene rings is 1. The number of rotatable bonds is 5. The highest BCUT2D eigenvalue weighted by molar-refractivity contribution is 6.42. The van der Waals surface area contributed by atoms with Gasteiger partial charge in [-0.05, 0) is 18.2 Å². The van der Waals surface area contributed by atoms with Crippen molar-refractivity contribution in [2.45, 2.75) is 6.42 Å². The molecule has 1 heterocycles. The van der Waals surface area contributed by atoms with Crippen molar-refractivity contribution in [2.75, 3.05) is 19.6 Å². The monoisotopic (exact) mass is 343 g/mol. The molecule has 6 nitrogen and oxygen atoms in total. The first-order valence-corrected chi connectivity index (χ1v) is 7.50. The van der Waals surface area contributed by atoms with Gasteiger partial charge in [-0.1, -0.05) is 23.2 Å². The van der Waals surface area contributed by atoms with Crippen LogP contribution in [-0.2, 0) is 9.59 Å². The third kappa shape index (κ3) is 4.35. The quantitative estimate of drug-likeness (QED) is 0.696. The Bertz CT molecular complexity index is 607. The molecule has 1 aromatic rings. The van der Waals surface area contributed by atoms with Crippen molar-refractivity contribution < 1.29 is 14.4 Å². The Kier molecular flexibility index (Phi) is 5.63. The Hall–Kier alpha value is -1.79. The second-order valence-corrected chi connectivity index (χ2v) is 5.70. The van der Waals surface area contributed by atoms with Crippen LogP contribution in [0.15, 0.2) is 18.2 Å². The summed E-state index contributed by atoms with van der Waals surface area (Å²) in [4.78, 5) is 34.6. The largest absolute Gasteiger partial charge is 0.355 e. The molecule has 0 radical (unpaired) electrons. The molecule has 1 fully saturated rings. The molecule has 118 valence electrons. The van der Waals surface area contributed by atoms with E-state index in [9.17, 15) is 14.4 Å². The molecule has 0 saturated carbocycles. The van der Waals surface area contributed by atoms with E-state index in [1.807, 2.05) is 0 Å². The maximum Gasteiger partial charge on any atom is 0.251 e. The molecule has 1 aliphatic rings. The zero-order valence-electron chi connectivity index (χ0n) is 11.6. The minimum Gasteiger partial charge on any atom is -0.355 e. The molecule has 8 heteroatoms. The molecule has 22 heavy (non-hydrogen) atoms. The van der Waals surface area contributed by atoms with Gasteiger partial charge in [-0.25, -0.2) is 0 Å². The number of carbonyl (C=O) groups is 3. The first kappa shape index (κ1) is 16.6. The second-order valence-electron chi connectivity index (χ2n) is 4.88. The Labute approximate surface area is 137 Å². The van der Waals surface area contributed by atoms with Gasteiger partial charge in [0.15, 0.2) is 0 Å². The van der Waals surface area contributed by atoms with Crippen LogP contribution in [0.1, 0.15) is 16.8 Å². The Morgan fingerprint density at radius 3 is 2.55 bits per heavy atom. The molecule has 0 aliphatic carbocycles. The molecule has 0 aromatic heterocycles. The van der Waals surface area contributed by atoms with Gasteiger partial charge in [0.05, 0.1) is 16.0 Å². The molecule has 2 rings (SSSR count). The lowest BCUT2D eigenvalue weighted by Crippen LogP contribution is -2.38. The summed E-state index contributed by atoms with van der Waals surface area (Å²) in [6.07, 6.45) is 0.210. The summed E-state index contributed by atoms with van der Waals surface area (Å²) in [5, 5.41) is 8.63. The number of hydrogen-bond donors (Lipinski definition) is 3. The number of carbonyl (C=O) groups excluding carboxylic acids is 3. The SMILES string of the molecule is O=C1C[C@H](C(=O)NCCNC(=O)c2ccc(Cl)c(Cl)c2)CN1. The van der Waals surface area contributed by atoms with E-state index in [1.165, 1.54) is 6.07 Å². The van der Waals surface area contributed by atoms with E-state index >= 15 is 0 Å². The van der Waals surface area contributed by atoms with E-state index in [0.717, 1.165) is 0 Å². The summed E-state index contributed by atoms with van der Waals surface area (Å²) < 4.78 is 0. The number of nitrogens with one attached hydrogen (secondary N) is 3. The van der Waals surface area contributed by atoms with Crippen LogP contribution in [0.25, 0.3) is 0 Å². The van der Waals surface area contributed by atoms with Gasteiger partial charge >= 0.3 is 0 Å². The van der Waals surface area contributed by atoms with Crippen molar-refractivity contribution >= 4 is 40.9 Å². The normalized spacial score (nSPS) is 17.0. The molecule has 1 atom stereocenters. The van der Waals surface area contributed by atoms with Crippen LogP contribution in [0.3, 0.4) is 0 Å². The molecule has 0 bridgehead atoms. The van der Waals surface area contributed by atoms with Crippen molar-refractivity contribution in [1.82, 2.24) is 16.0 Å². The summed E-state index contributed by atoms with van der Waals surface area (Å²) in [6, 6.07) is 4.59. The Morgan fingerprint density at radius 1 is 1.18 bits per heavy atom. The summed E-state index contributed by atoms with van der Waals surface area (Å²) >= 11 is 11.6. The summed E-state index contributed by atoms with van der Waals surface area (Å²) in [5.74, 6) is -0.945. The van der Waals surface area contributed by atoms with E-state index in [1.54, 1.807) is 12.1 Å². The minimum atomic E-state index is -0.335. The average molecular weight is 344 g/mol. The zero-order chi connectivity index (χ0) is 16.1. The molecule has 3 amide bonds. The average Bonchev–Trinajstić information content (AvgIpc) is 2.92. The standard InChI is InChI=1S/C14H15Cl2N3O3/c15-10-2-1-8(5-11(10)16)13(21)17-3-4-18-14(22)9-6-12(20)19-7-9/h1-2,5,9H,3-4,6-7H2,(H,17,21)(H,18,22)(H,19,20)/t9-/m0/s1. The van der Waals surface area contributed by atoms with Crippen molar-refractivity contribution in [3.05, 3.63) is 33.8 Å². The van der Waals surface area contributed by atoms with Crippen LogP contribution in [-0.4, -0.2) is 37.4 Å². The number of hydrogen-bond acceptors (Lipinski definition) is 3. The maximum absolute atomic E-state index is 11.9. The first-order chi connectivity index (χ1) is 10.5. The molecule has 1 saturated heterocycles. The molecule has 1 aromatic carbocycles. The van der Waals surface area contributed by atoms with E-state index in [4.69, 9.17) is 23.2 Å². The topological polar surface area (TPSA) is 87.3 Å². The lowest BCUT2D eigenvalue weighted by Gasteiger charge is -2.10. The van der Waals surface area contributed by atoms with E-state index in [-0.39, 0.29) is 43.1 Å². The van der Waals surface area contributed by atoms with Crippen molar-refractivity contribution in [3.8, 4) is 0 Å². The van der Waals surface area contributed by atoms with E-state index in [2.05, 4.69) is 16.0 Å². The molecular formula is C14H15Cl2N3O3. The van der Waals surface area contributed by atoms with Gasteiger partial charge in [0, 0.05) is 31.6 Å². The van der Waals surface area contributed by atoms with Gasteiger partial charge in [0.2, 0.25) is 11.8 Å². The van der Waals surface area contributed by atoms with Crippen molar-refractivity contribution in [2.24, 2.45) is 5.92 Å². The zero-order valence-corrected chi connectivity index (χ0v) is 13.1. The molecule has 3 N–H and O–H groups in total. The summed E-state index contributed by atoms with van der Waals surface area (Å²) in [7, 11) is 0. The van der Waals surface area contributed by atoms with Gasteiger partial charge in [0.25, 0.3) is 5.91 Å². The molecular weight excluding hydrogens is 329 g/mol. The van der Waals surface area contributed by atoms with Crippen LogP contribution < -0.4 is 16.0 Å². The minimum absolute atomic E-state index is 0.118. The van der Waals surface area contributed by atoms with Crippen LogP contribution in [0, 0.1) is 5.92 Å². The van der Waals surface area contributed by atoms with Crippen LogP contribution in [0.2, 0.25) is 10.0 Å². The Morgan fingerprint density at radius 2 is 1.91 bits per heavy atom. The highest BCUT2D eigenvalue weighted by atomic mass is 35.5. The van der Waals surface area contributed by atoms with Gasteiger partial charge in [-0.3, -0.25) is 14.4 Å². The van der Waals surface area contributed by atoms with Crippen LogP contribution >= 0.6 is 23.2 Å². The highest BCUT2D eigenvalue weighted by Crippen LogP contribution is 2.22. The third-order valence-corrected chi connectivity index (χ3v) is 3.98. The molecule has 0 unspecified atom stereocenters. The first-order valence-electron chi connectivity index (χ1n) is 6.75. The smallest absolute Gasteiger partial charge is 0.251 e. The fraction of sp³-hybridized carbons (Fsp3) is 0.357. The van der Waals surface area contributed by atoms with Crippen molar-refractivity contribution in [1.29, 1.82) is 0 Å². The molecule has 1 aliphatic heterocycles. The van der Waals surface area contributed by atoms with Gasteiger partial charge in [-0.15, -0.1) is 0 Å². The summed E-state index contributed by atoms with van der Waals surface area (Å²) in [6.45, 7) is 0.926. The lowest BCUT2D eigenvalue weighted by molar-refractivity contribution is -0.126. The third-order valence-electron chi connectivity index (χ3n) is 3.24.